The minimum atomic E-state index is -0.702. The minimum Gasteiger partial charge on any atom is -0.387 e. The molecule has 1 aromatic carbocycles. The summed E-state index contributed by atoms with van der Waals surface area (Å²) in [6, 6.07) is 9.75. The Morgan fingerprint density at radius 1 is 1.47 bits per heavy atom. The van der Waals surface area contributed by atoms with Crippen LogP contribution in [-0.4, -0.2) is 9.67 Å². The molecule has 15 heavy (non-hydrogen) atoms. The van der Waals surface area contributed by atoms with Crippen LogP contribution in [0.25, 0.3) is 10.9 Å². The van der Waals surface area contributed by atoms with Crippen LogP contribution in [0.4, 0.5) is 0 Å². The molecule has 0 saturated carbocycles. The number of rotatable bonds is 2. The number of para-hydroxylation sites is 1. The molecule has 2 rings (SSSR count). The molecule has 0 radical (unpaired) electrons. The number of fused-ring (bicyclic) bond motifs is 1. The molecular weight excluding hydrogens is 188 g/mol. The van der Waals surface area contributed by atoms with E-state index >= 15 is 0 Å². The predicted octanol–water partition coefficient (Wildman–Crippen LogP) is 2.13. The van der Waals surface area contributed by atoms with Gasteiger partial charge in [-0.2, -0.15) is 5.26 Å². The van der Waals surface area contributed by atoms with Crippen molar-refractivity contribution in [3.8, 4) is 6.07 Å². The Bertz CT molecular complexity index is 522. The molecule has 0 fully saturated rings. The number of nitrogens with zero attached hydrogens (tertiary/aromatic N) is 2. The molecule has 0 saturated heterocycles. The highest BCUT2D eigenvalue weighted by Crippen LogP contribution is 2.26. The van der Waals surface area contributed by atoms with Crippen molar-refractivity contribution in [2.24, 2.45) is 7.05 Å². The zero-order chi connectivity index (χ0) is 10.8. The number of nitriles is 1. The van der Waals surface area contributed by atoms with Crippen LogP contribution in [0.1, 0.15) is 18.1 Å². The lowest BCUT2D eigenvalue weighted by Crippen LogP contribution is -1.99. The summed E-state index contributed by atoms with van der Waals surface area (Å²) < 4.78 is 1.96. The van der Waals surface area contributed by atoms with Crippen molar-refractivity contribution in [1.29, 1.82) is 5.26 Å². The molecule has 1 atom stereocenters. The Hall–Kier alpha value is -1.79. The lowest BCUT2D eigenvalue weighted by Gasteiger charge is -2.10. The third kappa shape index (κ3) is 1.60. The number of benzene rings is 1. The highest BCUT2D eigenvalue weighted by molar-refractivity contribution is 5.83. The molecule has 1 aromatic heterocycles. The van der Waals surface area contributed by atoms with Gasteiger partial charge in [-0.15, -0.1) is 0 Å². The van der Waals surface area contributed by atoms with Crippen LogP contribution in [0.5, 0.6) is 0 Å². The third-order valence-electron chi connectivity index (χ3n) is 2.57. The van der Waals surface area contributed by atoms with Gasteiger partial charge >= 0.3 is 0 Å². The first kappa shape index (κ1) is 9.75. The highest BCUT2D eigenvalue weighted by atomic mass is 16.3. The summed E-state index contributed by atoms with van der Waals surface area (Å²) in [6.07, 6.45) is 1.38. The highest BCUT2D eigenvalue weighted by Gasteiger charge is 2.12. The first-order valence-electron chi connectivity index (χ1n) is 4.83. The Kier molecular flexibility index (Phi) is 2.44. The van der Waals surface area contributed by atoms with E-state index in [0.717, 1.165) is 16.5 Å². The van der Waals surface area contributed by atoms with Gasteiger partial charge in [-0.25, -0.2) is 0 Å². The summed E-state index contributed by atoms with van der Waals surface area (Å²) in [5.74, 6) is 0. The van der Waals surface area contributed by atoms with Crippen molar-refractivity contribution in [3.05, 3.63) is 36.0 Å². The summed E-state index contributed by atoms with van der Waals surface area (Å²) in [7, 11) is 1.94. The summed E-state index contributed by atoms with van der Waals surface area (Å²) in [5.41, 5.74) is 1.82. The van der Waals surface area contributed by atoms with Crippen molar-refractivity contribution in [2.75, 3.05) is 0 Å². The largest absolute Gasteiger partial charge is 0.387 e. The van der Waals surface area contributed by atoms with Crippen LogP contribution in [0.15, 0.2) is 30.5 Å². The van der Waals surface area contributed by atoms with E-state index in [1.165, 1.54) is 0 Å². The van der Waals surface area contributed by atoms with Gasteiger partial charge in [0, 0.05) is 18.8 Å². The number of aliphatic hydroxyl groups excluding tert-OH is 1. The Morgan fingerprint density at radius 3 is 3.00 bits per heavy atom. The van der Waals surface area contributed by atoms with Crippen LogP contribution in [0.3, 0.4) is 0 Å². The van der Waals surface area contributed by atoms with Crippen molar-refractivity contribution in [1.82, 2.24) is 4.57 Å². The van der Waals surface area contributed by atoms with Crippen molar-refractivity contribution in [3.63, 3.8) is 0 Å². The SMILES string of the molecule is Cn1ccc2cccc(C(O)CC#N)c21. The molecule has 3 heteroatoms. The fourth-order valence-electron chi connectivity index (χ4n) is 1.85. The average Bonchev–Trinajstić information content (AvgIpc) is 2.61. The van der Waals surface area contributed by atoms with Crippen LogP contribution in [-0.2, 0) is 7.05 Å². The lowest BCUT2D eigenvalue weighted by molar-refractivity contribution is 0.184. The quantitative estimate of drug-likeness (QED) is 0.807. The monoisotopic (exact) mass is 200 g/mol. The second kappa shape index (κ2) is 3.76. The van der Waals surface area contributed by atoms with E-state index in [9.17, 15) is 5.11 Å². The maximum absolute atomic E-state index is 9.83. The molecule has 2 aromatic rings. The first-order valence-corrected chi connectivity index (χ1v) is 4.83. The van der Waals surface area contributed by atoms with Gasteiger partial charge in [0.1, 0.15) is 0 Å². The second-order valence-electron chi connectivity index (χ2n) is 3.59. The average molecular weight is 200 g/mol. The molecule has 0 spiro atoms. The normalized spacial score (nSPS) is 12.6. The van der Waals surface area contributed by atoms with Gasteiger partial charge in [0.15, 0.2) is 0 Å². The number of hydrogen-bond acceptors (Lipinski definition) is 2. The van der Waals surface area contributed by atoms with E-state index in [-0.39, 0.29) is 6.42 Å². The van der Waals surface area contributed by atoms with Crippen LogP contribution in [0, 0.1) is 11.3 Å². The van der Waals surface area contributed by atoms with E-state index in [1.54, 1.807) is 0 Å². The van der Waals surface area contributed by atoms with Gasteiger partial charge in [0.2, 0.25) is 0 Å². The Balaban J connectivity index is 2.60. The molecule has 0 aliphatic heterocycles. The zero-order valence-electron chi connectivity index (χ0n) is 8.51. The van der Waals surface area contributed by atoms with Crippen molar-refractivity contribution in [2.45, 2.75) is 12.5 Å². The Morgan fingerprint density at radius 2 is 2.27 bits per heavy atom. The molecular formula is C12H12N2O. The number of aryl methyl sites for hydroxylation is 1. The minimum absolute atomic E-state index is 0.129. The van der Waals surface area contributed by atoms with Gasteiger partial charge in [-0.3, -0.25) is 0 Å². The smallest absolute Gasteiger partial charge is 0.0940 e. The summed E-state index contributed by atoms with van der Waals surface area (Å²) in [5, 5.41) is 19.5. The molecule has 1 heterocycles. The van der Waals surface area contributed by atoms with E-state index in [1.807, 2.05) is 48.1 Å². The maximum Gasteiger partial charge on any atom is 0.0940 e. The van der Waals surface area contributed by atoms with E-state index in [4.69, 9.17) is 5.26 Å². The summed E-state index contributed by atoms with van der Waals surface area (Å²) in [4.78, 5) is 0. The van der Waals surface area contributed by atoms with Crippen LogP contribution < -0.4 is 0 Å². The van der Waals surface area contributed by atoms with Gasteiger partial charge < -0.3 is 9.67 Å². The van der Waals surface area contributed by atoms with Crippen LogP contribution in [0.2, 0.25) is 0 Å². The third-order valence-corrected chi connectivity index (χ3v) is 2.57. The Labute approximate surface area is 88.2 Å². The van der Waals surface area contributed by atoms with Crippen LogP contribution >= 0.6 is 0 Å². The van der Waals surface area contributed by atoms with E-state index in [2.05, 4.69) is 0 Å². The van der Waals surface area contributed by atoms with Crippen molar-refractivity contribution >= 4 is 10.9 Å². The molecule has 1 unspecified atom stereocenters. The van der Waals surface area contributed by atoms with Gasteiger partial charge in [0.05, 0.1) is 24.1 Å². The maximum atomic E-state index is 9.83. The number of aromatic nitrogens is 1. The van der Waals surface area contributed by atoms with E-state index < -0.39 is 6.10 Å². The lowest BCUT2D eigenvalue weighted by atomic mass is 10.0. The molecule has 0 bridgehead atoms. The van der Waals surface area contributed by atoms with E-state index in [0.29, 0.717) is 0 Å². The second-order valence-corrected chi connectivity index (χ2v) is 3.59. The molecule has 0 aliphatic rings. The molecule has 1 N–H and O–H groups in total. The van der Waals surface area contributed by atoms with Gasteiger partial charge in [0.25, 0.3) is 0 Å². The summed E-state index contributed by atoms with van der Waals surface area (Å²) in [6.45, 7) is 0. The fraction of sp³-hybridized carbons (Fsp3) is 0.250. The topological polar surface area (TPSA) is 49.0 Å². The first-order chi connectivity index (χ1) is 7.24. The summed E-state index contributed by atoms with van der Waals surface area (Å²) >= 11 is 0. The molecule has 76 valence electrons. The van der Waals surface area contributed by atoms with Crippen molar-refractivity contribution < 1.29 is 5.11 Å². The number of aliphatic hydroxyl groups is 1. The standard InChI is InChI=1S/C12H12N2O/c1-14-8-6-9-3-2-4-10(12(9)14)11(15)5-7-13/h2-4,6,8,11,15H,5H2,1H3. The molecule has 0 amide bonds. The number of hydrogen-bond donors (Lipinski definition) is 1. The molecule has 0 aliphatic carbocycles. The predicted molar refractivity (Wildman–Crippen MR) is 58.1 cm³/mol. The van der Waals surface area contributed by atoms with Gasteiger partial charge in [-0.1, -0.05) is 18.2 Å². The molecule has 3 nitrogen and oxygen atoms in total. The zero-order valence-corrected chi connectivity index (χ0v) is 8.51. The fourth-order valence-corrected chi connectivity index (χ4v) is 1.85. The van der Waals surface area contributed by atoms with Gasteiger partial charge in [-0.05, 0) is 11.5 Å².